The standard InChI is InChI=1S/C15H16BrN3O2/c1-21-6-5-18-14-7-11(9-17-10-14)15(20)19-13-4-2-3-12(16)8-13/h2-4,7-10,18H,5-6H2,1H3,(H,19,20). The van der Waals surface area contributed by atoms with Crippen LogP contribution in [0.25, 0.3) is 0 Å². The lowest BCUT2D eigenvalue weighted by atomic mass is 10.2. The van der Waals surface area contributed by atoms with E-state index in [0.29, 0.717) is 18.7 Å². The Labute approximate surface area is 131 Å². The minimum absolute atomic E-state index is 0.198. The first-order valence-corrected chi connectivity index (χ1v) is 7.23. The molecule has 2 N–H and O–H groups in total. The highest BCUT2D eigenvalue weighted by molar-refractivity contribution is 9.10. The van der Waals surface area contributed by atoms with Gasteiger partial charge in [-0.2, -0.15) is 0 Å². The Bertz CT molecular complexity index is 619. The highest BCUT2D eigenvalue weighted by Crippen LogP contribution is 2.17. The van der Waals surface area contributed by atoms with Gasteiger partial charge in [0.25, 0.3) is 5.91 Å². The zero-order valence-corrected chi connectivity index (χ0v) is 13.2. The summed E-state index contributed by atoms with van der Waals surface area (Å²) in [4.78, 5) is 16.3. The molecule has 1 aromatic heterocycles. The zero-order chi connectivity index (χ0) is 15.1. The molecule has 2 rings (SSSR count). The van der Waals surface area contributed by atoms with Crippen molar-refractivity contribution >= 4 is 33.2 Å². The van der Waals surface area contributed by atoms with Crippen LogP contribution in [0.15, 0.2) is 47.2 Å². The summed E-state index contributed by atoms with van der Waals surface area (Å²) in [6, 6.07) is 9.19. The van der Waals surface area contributed by atoms with Gasteiger partial charge >= 0.3 is 0 Å². The molecule has 0 bridgehead atoms. The first kappa shape index (κ1) is 15.5. The van der Waals surface area contributed by atoms with Gasteiger partial charge in [0.2, 0.25) is 0 Å². The van der Waals surface area contributed by atoms with Crippen LogP contribution in [0.5, 0.6) is 0 Å². The van der Waals surface area contributed by atoms with Crippen molar-refractivity contribution in [1.29, 1.82) is 0 Å². The number of aromatic nitrogens is 1. The minimum atomic E-state index is -0.198. The third-order valence-electron chi connectivity index (χ3n) is 2.72. The van der Waals surface area contributed by atoms with Gasteiger partial charge in [-0.15, -0.1) is 0 Å². The van der Waals surface area contributed by atoms with Gasteiger partial charge < -0.3 is 15.4 Å². The molecule has 0 aliphatic heterocycles. The fraction of sp³-hybridized carbons (Fsp3) is 0.200. The topological polar surface area (TPSA) is 63.2 Å². The second-order valence-corrected chi connectivity index (χ2v) is 5.26. The molecule has 2 aromatic rings. The van der Waals surface area contributed by atoms with Crippen molar-refractivity contribution in [2.45, 2.75) is 0 Å². The first-order chi connectivity index (χ1) is 10.2. The van der Waals surface area contributed by atoms with E-state index in [4.69, 9.17) is 4.74 Å². The summed E-state index contributed by atoms with van der Waals surface area (Å²) in [5.74, 6) is -0.198. The van der Waals surface area contributed by atoms with Crippen molar-refractivity contribution in [3.05, 3.63) is 52.8 Å². The maximum atomic E-state index is 12.2. The van der Waals surface area contributed by atoms with E-state index in [-0.39, 0.29) is 5.91 Å². The molecule has 0 aliphatic rings. The average Bonchev–Trinajstić information content (AvgIpc) is 2.48. The zero-order valence-electron chi connectivity index (χ0n) is 11.6. The molecule has 0 unspecified atom stereocenters. The number of nitrogens with zero attached hydrogens (tertiary/aromatic N) is 1. The molecule has 0 atom stereocenters. The number of carbonyl (C=O) groups excluding carboxylic acids is 1. The molecule has 110 valence electrons. The largest absolute Gasteiger partial charge is 0.383 e. The van der Waals surface area contributed by atoms with Gasteiger partial charge in [-0.1, -0.05) is 22.0 Å². The number of pyridine rings is 1. The number of carbonyl (C=O) groups is 1. The van der Waals surface area contributed by atoms with E-state index < -0.39 is 0 Å². The van der Waals surface area contributed by atoms with Crippen molar-refractivity contribution in [2.24, 2.45) is 0 Å². The highest BCUT2D eigenvalue weighted by Gasteiger charge is 2.07. The Morgan fingerprint density at radius 1 is 1.29 bits per heavy atom. The van der Waals surface area contributed by atoms with Crippen molar-refractivity contribution in [2.75, 3.05) is 30.9 Å². The predicted molar refractivity (Wildman–Crippen MR) is 86.7 cm³/mol. The number of hydrogen-bond acceptors (Lipinski definition) is 4. The van der Waals surface area contributed by atoms with Gasteiger partial charge in [0.1, 0.15) is 0 Å². The lowest BCUT2D eigenvalue weighted by Gasteiger charge is -2.08. The highest BCUT2D eigenvalue weighted by atomic mass is 79.9. The summed E-state index contributed by atoms with van der Waals surface area (Å²) in [7, 11) is 1.64. The van der Waals surface area contributed by atoms with E-state index in [9.17, 15) is 4.79 Å². The van der Waals surface area contributed by atoms with Crippen LogP contribution in [-0.4, -0.2) is 31.2 Å². The lowest BCUT2D eigenvalue weighted by Crippen LogP contribution is -2.13. The predicted octanol–water partition coefficient (Wildman–Crippen LogP) is 3.15. The van der Waals surface area contributed by atoms with Gasteiger partial charge in [0.05, 0.1) is 17.9 Å². The summed E-state index contributed by atoms with van der Waals surface area (Å²) in [6.45, 7) is 1.25. The van der Waals surface area contributed by atoms with Crippen molar-refractivity contribution in [1.82, 2.24) is 4.98 Å². The fourth-order valence-corrected chi connectivity index (χ4v) is 2.13. The van der Waals surface area contributed by atoms with Crippen LogP contribution in [-0.2, 0) is 4.74 Å². The molecular weight excluding hydrogens is 334 g/mol. The number of hydrogen-bond donors (Lipinski definition) is 2. The number of rotatable bonds is 6. The Kier molecular flexibility index (Phi) is 5.71. The van der Waals surface area contributed by atoms with E-state index in [1.807, 2.05) is 24.3 Å². The fourth-order valence-electron chi connectivity index (χ4n) is 1.73. The Morgan fingerprint density at radius 2 is 2.14 bits per heavy atom. The number of nitrogens with one attached hydrogen (secondary N) is 2. The summed E-state index contributed by atoms with van der Waals surface area (Å²) in [6.07, 6.45) is 3.21. The second-order valence-electron chi connectivity index (χ2n) is 4.35. The number of halogens is 1. The maximum Gasteiger partial charge on any atom is 0.257 e. The normalized spacial score (nSPS) is 10.2. The monoisotopic (exact) mass is 349 g/mol. The molecule has 1 amide bonds. The third-order valence-corrected chi connectivity index (χ3v) is 3.21. The van der Waals surface area contributed by atoms with E-state index in [1.165, 1.54) is 6.20 Å². The molecule has 1 aromatic carbocycles. The maximum absolute atomic E-state index is 12.2. The number of benzene rings is 1. The van der Waals surface area contributed by atoms with E-state index in [0.717, 1.165) is 15.8 Å². The van der Waals surface area contributed by atoms with Gasteiger partial charge in [-0.25, -0.2) is 0 Å². The van der Waals surface area contributed by atoms with Crippen molar-refractivity contribution in [3.8, 4) is 0 Å². The van der Waals surface area contributed by atoms with Crippen LogP contribution in [0.1, 0.15) is 10.4 Å². The smallest absolute Gasteiger partial charge is 0.257 e. The van der Waals surface area contributed by atoms with E-state index in [2.05, 4.69) is 31.5 Å². The minimum Gasteiger partial charge on any atom is -0.383 e. The van der Waals surface area contributed by atoms with Crippen molar-refractivity contribution in [3.63, 3.8) is 0 Å². The Morgan fingerprint density at radius 3 is 2.90 bits per heavy atom. The summed E-state index contributed by atoms with van der Waals surface area (Å²) in [5, 5.41) is 5.97. The van der Waals surface area contributed by atoms with Gasteiger partial charge in [0, 0.05) is 36.2 Å². The molecule has 1 heterocycles. The molecule has 0 radical (unpaired) electrons. The third kappa shape index (κ3) is 4.84. The van der Waals surface area contributed by atoms with Gasteiger partial charge in [0.15, 0.2) is 0 Å². The SMILES string of the molecule is COCCNc1cncc(C(=O)Nc2cccc(Br)c2)c1. The number of methoxy groups -OCH3 is 1. The van der Waals surface area contributed by atoms with Crippen molar-refractivity contribution < 1.29 is 9.53 Å². The lowest BCUT2D eigenvalue weighted by molar-refractivity contribution is 0.102. The number of amides is 1. The molecule has 21 heavy (non-hydrogen) atoms. The second kappa shape index (κ2) is 7.75. The Balaban J connectivity index is 2.03. The number of anilines is 2. The summed E-state index contributed by atoms with van der Waals surface area (Å²) in [5.41, 5.74) is 2.01. The van der Waals surface area contributed by atoms with E-state index >= 15 is 0 Å². The molecule has 0 saturated heterocycles. The Hall–Kier alpha value is -1.92. The quantitative estimate of drug-likeness (QED) is 0.786. The van der Waals surface area contributed by atoms with Crippen LogP contribution >= 0.6 is 15.9 Å². The van der Waals surface area contributed by atoms with Crippen LogP contribution in [0, 0.1) is 0 Å². The molecule has 6 heteroatoms. The molecule has 0 fully saturated rings. The van der Waals surface area contributed by atoms with E-state index in [1.54, 1.807) is 19.4 Å². The van der Waals surface area contributed by atoms with Crippen LogP contribution in [0.4, 0.5) is 11.4 Å². The van der Waals surface area contributed by atoms with Gasteiger partial charge in [-0.3, -0.25) is 9.78 Å². The van der Waals surface area contributed by atoms with Crippen LogP contribution < -0.4 is 10.6 Å². The molecule has 0 aliphatic carbocycles. The number of ether oxygens (including phenoxy) is 1. The first-order valence-electron chi connectivity index (χ1n) is 6.44. The molecule has 0 spiro atoms. The summed E-state index contributed by atoms with van der Waals surface area (Å²) < 4.78 is 5.88. The summed E-state index contributed by atoms with van der Waals surface area (Å²) >= 11 is 3.37. The van der Waals surface area contributed by atoms with Gasteiger partial charge in [-0.05, 0) is 24.3 Å². The molecule has 0 saturated carbocycles. The molecular formula is C15H16BrN3O2. The van der Waals surface area contributed by atoms with Crippen LogP contribution in [0.3, 0.4) is 0 Å². The average molecular weight is 350 g/mol. The van der Waals surface area contributed by atoms with Crippen LogP contribution in [0.2, 0.25) is 0 Å². The molecule has 5 nitrogen and oxygen atoms in total.